The van der Waals surface area contributed by atoms with Crippen molar-refractivity contribution in [3.8, 4) is 0 Å². The van der Waals surface area contributed by atoms with Crippen LogP contribution in [0.15, 0.2) is 48.0 Å². The molecule has 0 radical (unpaired) electrons. The van der Waals surface area contributed by atoms with E-state index < -0.39 is 21.8 Å². The van der Waals surface area contributed by atoms with E-state index in [9.17, 15) is 18.0 Å². The van der Waals surface area contributed by atoms with Crippen molar-refractivity contribution < 1.29 is 18.0 Å². The molecule has 1 aromatic carbocycles. The molecule has 2 aromatic rings. The zero-order chi connectivity index (χ0) is 18.7. The van der Waals surface area contributed by atoms with Crippen molar-refractivity contribution >= 4 is 27.9 Å². The first-order chi connectivity index (χ1) is 12.4. The van der Waals surface area contributed by atoms with Crippen molar-refractivity contribution in [3.63, 3.8) is 0 Å². The molecule has 0 saturated heterocycles. The molecule has 1 aliphatic rings. The fourth-order valence-corrected chi connectivity index (χ4v) is 3.32. The van der Waals surface area contributed by atoms with E-state index >= 15 is 0 Å². The summed E-state index contributed by atoms with van der Waals surface area (Å²) in [6, 6.07) is 10.5. The van der Waals surface area contributed by atoms with Crippen LogP contribution < -0.4 is 4.72 Å². The third-order valence-corrected chi connectivity index (χ3v) is 4.99. The van der Waals surface area contributed by atoms with Crippen LogP contribution in [0, 0.1) is 6.92 Å². The number of aromatic nitrogens is 1. The molecule has 0 saturated carbocycles. The Balaban J connectivity index is 1.58. The molecule has 1 aliphatic heterocycles. The monoisotopic (exact) mass is 371 g/mol. The van der Waals surface area contributed by atoms with Gasteiger partial charge in [0.15, 0.2) is 0 Å². The summed E-state index contributed by atoms with van der Waals surface area (Å²) in [6.07, 6.45) is 2.92. The molecular formula is C18H17N3O4S. The molecule has 0 aliphatic carbocycles. The zero-order valence-corrected chi connectivity index (χ0v) is 14.9. The summed E-state index contributed by atoms with van der Waals surface area (Å²) in [4.78, 5) is 29.2. The van der Waals surface area contributed by atoms with Crippen LogP contribution in [0.4, 0.5) is 0 Å². The van der Waals surface area contributed by atoms with Crippen LogP contribution in [0.1, 0.15) is 32.0 Å². The second-order valence-corrected chi connectivity index (χ2v) is 7.47. The van der Waals surface area contributed by atoms with Gasteiger partial charge in [-0.2, -0.15) is 0 Å². The minimum absolute atomic E-state index is 0.0639. The molecule has 0 bridgehead atoms. The molecule has 134 valence electrons. The van der Waals surface area contributed by atoms with Gasteiger partial charge in [-0.3, -0.25) is 19.5 Å². The largest absolute Gasteiger partial charge is 0.280 e. The minimum Gasteiger partial charge on any atom is -0.272 e. The lowest BCUT2D eigenvalue weighted by Crippen LogP contribution is -2.37. The van der Waals surface area contributed by atoms with Gasteiger partial charge in [0.05, 0.1) is 5.56 Å². The highest BCUT2D eigenvalue weighted by molar-refractivity contribution is 7.92. The number of nitrogens with zero attached hydrogens (tertiary/aromatic N) is 2. The van der Waals surface area contributed by atoms with Crippen LogP contribution >= 0.6 is 0 Å². The van der Waals surface area contributed by atoms with Gasteiger partial charge in [0.25, 0.3) is 11.8 Å². The molecule has 0 unspecified atom stereocenters. The van der Waals surface area contributed by atoms with Gasteiger partial charge >= 0.3 is 0 Å². The number of nitrogens with one attached hydrogen (secondary N) is 1. The van der Waals surface area contributed by atoms with Crippen LogP contribution in [0.2, 0.25) is 0 Å². The molecule has 0 spiro atoms. The average Bonchev–Trinajstić information content (AvgIpc) is 2.86. The van der Waals surface area contributed by atoms with Gasteiger partial charge in [0.1, 0.15) is 5.69 Å². The number of carbonyl (C=O) groups excluding carboxylic acids is 2. The number of sulfonamides is 1. The lowest BCUT2D eigenvalue weighted by atomic mass is 10.2. The van der Waals surface area contributed by atoms with Crippen LogP contribution in [0.3, 0.4) is 0 Å². The Hall–Kier alpha value is -2.84. The van der Waals surface area contributed by atoms with Crippen molar-refractivity contribution in [1.82, 2.24) is 14.6 Å². The molecule has 0 atom stereocenters. The van der Waals surface area contributed by atoms with Crippen molar-refractivity contribution in [1.29, 1.82) is 0 Å². The summed E-state index contributed by atoms with van der Waals surface area (Å²) in [7, 11) is -3.68. The number of amides is 2. The predicted molar refractivity (Wildman–Crippen MR) is 96.7 cm³/mol. The predicted octanol–water partition coefficient (Wildman–Crippen LogP) is 1.58. The van der Waals surface area contributed by atoms with E-state index in [2.05, 4.69) is 9.71 Å². The number of hydrogen-bond donors (Lipinski definition) is 1. The summed E-state index contributed by atoms with van der Waals surface area (Å²) in [5, 5.41) is 1.06. The first kappa shape index (κ1) is 18.0. The second-order valence-electron chi connectivity index (χ2n) is 5.81. The van der Waals surface area contributed by atoms with Crippen molar-refractivity contribution in [2.24, 2.45) is 0 Å². The third-order valence-electron chi connectivity index (χ3n) is 3.89. The van der Waals surface area contributed by atoms with E-state index in [1.54, 1.807) is 6.07 Å². The lowest BCUT2D eigenvalue weighted by Gasteiger charge is -2.13. The van der Waals surface area contributed by atoms with Gasteiger partial charge in [0, 0.05) is 24.7 Å². The molecule has 1 N–H and O–H groups in total. The number of pyridine rings is 1. The molecule has 0 fully saturated rings. The first-order valence-electron chi connectivity index (χ1n) is 7.93. The number of fused-ring (bicyclic) bond motifs is 1. The maximum atomic E-state index is 12.2. The molecule has 8 heteroatoms. The normalized spacial score (nSPS) is 14.3. The number of benzene rings is 1. The van der Waals surface area contributed by atoms with Gasteiger partial charge in [0.2, 0.25) is 10.0 Å². The topological polar surface area (TPSA) is 96.4 Å². The average molecular weight is 371 g/mol. The van der Waals surface area contributed by atoms with Crippen LogP contribution in [-0.2, 0) is 10.0 Å². The lowest BCUT2D eigenvalue weighted by molar-refractivity contribution is 0.0655. The summed E-state index contributed by atoms with van der Waals surface area (Å²) in [5.41, 5.74) is 2.17. The first-order valence-corrected chi connectivity index (χ1v) is 9.48. The maximum absolute atomic E-state index is 12.2. The van der Waals surface area contributed by atoms with Gasteiger partial charge in [-0.1, -0.05) is 29.8 Å². The van der Waals surface area contributed by atoms with Crippen molar-refractivity contribution in [3.05, 3.63) is 70.4 Å². The zero-order valence-electron chi connectivity index (χ0n) is 14.0. The fourth-order valence-electron chi connectivity index (χ4n) is 2.51. The SMILES string of the molecule is Cc1ccc(C=CS(=O)(=O)NCCN2C(=O)c3cccnc3C2=O)cc1. The smallest absolute Gasteiger partial charge is 0.272 e. The highest BCUT2D eigenvalue weighted by atomic mass is 32.2. The Labute approximate surface area is 151 Å². The van der Waals surface area contributed by atoms with E-state index in [0.717, 1.165) is 21.4 Å². The van der Waals surface area contributed by atoms with E-state index in [1.165, 1.54) is 18.3 Å². The molecule has 2 amide bonds. The van der Waals surface area contributed by atoms with Crippen LogP contribution in [0.5, 0.6) is 0 Å². The molecule has 1 aromatic heterocycles. The highest BCUT2D eigenvalue weighted by Crippen LogP contribution is 2.19. The number of aryl methyl sites for hydroxylation is 1. The molecular weight excluding hydrogens is 354 g/mol. The molecule has 2 heterocycles. The van der Waals surface area contributed by atoms with Crippen molar-refractivity contribution in [2.45, 2.75) is 6.92 Å². The van der Waals surface area contributed by atoms with Crippen LogP contribution in [0.25, 0.3) is 6.08 Å². The molecule has 7 nitrogen and oxygen atoms in total. The molecule has 26 heavy (non-hydrogen) atoms. The number of carbonyl (C=O) groups is 2. The minimum atomic E-state index is -3.68. The van der Waals surface area contributed by atoms with Crippen molar-refractivity contribution in [2.75, 3.05) is 13.1 Å². The number of hydrogen-bond acceptors (Lipinski definition) is 5. The maximum Gasteiger partial charge on any atom is 0.280 e. The Kier molecular flexibility index (Phi) is 4.97. The van der Waals surface area contributed by atoms with Gasteiger partial charge < -0.3 is 0 Å². The summed E-state index contributed by atoms with van der Waals surface area (Å²) in [5.74, 6) is -0.979. The Morgan fingerprint density at radius 2 is 1.85 bits per heavy atom. The summed E-state index contributed by atoms with van der Waals surface area (Å²) < 4.78 is 26.4. The standard InChI is InChI=1S/C18H17N3O4S/c1-13-4-6-14(7-5-13)8-12-26(24,25)20-10-11-21-17(22)15-3-2-9-19-16(15)18(21)23/h2-9,12,20H,10-11H2,1H3. The van der Waals surface area contributed by atoms with Gasteiger partial charge in [-0.15, -0.1) is 0 Å². The molecule has 3 rings (SSSR count). The van der Waals surface area contributed by atoms with E-state index in [1.807, 2.05) is 31.2 Å². The number of rotatable bonds is 6. The van der Waals surface area contributed by atoms with E-state index in [-0.39, 0.29) is 24.3 Å². The highest BCUT2D eigenvalue weighted by Gasteiger charge is 2.36. The third kappa shape index (κ3) is 3.87. The fraction of sp³-hybridized carbons (Fsp3) is 0.167. The van der Waals surface area contributed by atoms with E-state index in [4.69, 9.17) is 0 Å². The Morgan fingerprint density at radius 3 is 2.54 bits per heavy atom. The Morgan fingerprint density at radius 1 is 1.12 bits per heavy atom. The number of imide groups is 1. The van der Waals surface area contributed by atoms with Crippen LogP contribution in [-0.4, -0.2) is 43.2 Å². The quantitative estimate of drug-likeness (QED) is 0.778. The Bertz CT molecular complexity index is 947. The second kappa shape index (κ2) is 7.19. The summed E-state index contributed by atoms with van der Waals surface area (Å²) in [6.45, 7) is 1.80. The summed E-state index contributed by atoms with van der Waals surface area (Å²) >= 11 is 0. The van der Waals surface area contributed by atoms with E-state index in [0.29, 0.717) is 0 Å². The van der Waals surface area contributed by atoms with Gasteiger partial charge in [-0.05, 0) is 30.7 Å². The van der Waals surface area contributed by atoms with Gasteiger partial charge in [-0.25, -0.2) is 13.1 Å².